The Morgan fingerprint density at radius 1 is 0.950 bits per heavy atom. The van der Waals surface area contributed by atoms with Crippen molar-refractivity contribution in [1.82, 2.24) is 5.32 Å². The van der Waals surface area contributed by atoms with Crippen LogP contribution in [0, 0.1) is 0 Å². The molecule has 0 fully saturated rings. The highest BCUT2D eigenvalue weighted by molar-refractivity contribution is 6.09. The number of carbonyl (C=O) groups excluding carboxylic acids is 2. The van der Waals surface area contributed by atoms with Crippen LogP contribution < -0.4 is 5.32 Å². The molecule has 0 radical (unpaired) electrons. The number of benzene rings is 2. The lowest BCUT2D eigenvalue weighted by molar-refractivity contribution is -0.118. The van der Waals surface area contributed by atoms with Gasteiger partial charge >= 0.3 is 0 Å². The van der Waals surface area contributed by atoms with Crippen LogP contribution in [0.4, 0.5) is 0 Å². The third-order valence-electron chi connectivity index (χ3n) is 3.07. The van der Waals surface area contributed by atoms with Gasteiger partial charge in [-0.15, -0.1) is 0 Å². The van der Waals surface area contributed by atoms with Gasteiger partial charge in [-0.25, -0.2) is 0 Å². The second-order valence-corrected chi connectivity index (χ2v) is 4.59. The first kappa shape index (κ1) is 14.0. The lowest BCUT2D eigenvalue weighted by atomic mass is 9.97. The van der Waals surface area contributed by atoms with Crippen molar-refractivity contribution in [1.29, 1.82) is 0 Å². The van der Waals surface area contributed by atoms with E-state index in [1.165, 1.54) is 6.92 Å². The van der Waals surface area contributed by atoms with Crippen LogP contribution in [0.3, 0.4) is 0 Å². The summed E-state index contributed by atoms with van der Waals surface area (Å²) in [7, 11) is 0. The molecule has 0 heterocycles. The van der Waals surface area contributed by atoms with Gasteiger partial charge in [0.2, 0.25) is 5.91 Å². The van der Waals surface area contributed by atoms with E-state index >= 15 is 0 Å². The van der Waals surface area contributed by atoms with Gasteiger partial charge in [0.25, 0.3) is 0 Å². The highest BCUT2D eigenvalue weighted by Gasteiger charge is 2.12. The molecule has 2 aromatic rings. The summed E-state index contributed by atoms with van der Waals surface area (Å²) in [6.07, 6.45) is 0.647. The summed E-state index contributed by atoms with van der Waals surface area (Å²) in [5.74, 6) is -0.0408. The molecule has 1 N–H and O–H groups in total. The summed E-state index contributed by atoms with van der Waals surface area (Å²) < 4.78 is 0. The molecule has 0 saturated heterocycles. The zero-order valence-corrected chi connectivity index (χ0v) is 11.4. The summed E-state index contributed by atoms with van der Waals surface area (Å²) >= 11 is 0. The Hall–Kier alpha value is -2.42. The molecule has 1 amide bonds. The number of nitrogens with one attached hydrogen (secondary N) is 1. The highest BCUT2D eigenvalue weighted by atomic mass is 16.1. The van der Waals surface area contributed by atoms with Crippen LogP contribution in [0.15, 0.2) is 54.6 Å². The van der Waals surface area contributed by atoms with Crippen molar-refractivity contribution >= 4 is 11.7 Å². The van der Waals surface area contributed by atoms with Crippen molar-refractivity contribution in [3.63, 3.8) is 0 Å². The average molecular weight is 267 g/mol. The topological polar surface area (TPSA) is 46.2 Å². The SMILES string of the molecule is CC(=O)NCCc1ccccc1C(=O)c1ccccc1. The number of hydrogen-bond acceptors (Lipinski definition) is 2. The largest absolute Gasteiger partial charge is 0.356 e. The third-order valence-corrected chi connectivity index (χ3v) is 3.07. The van der Waals surface area contributed by atoms with E-state index in [1.807, 2.05) is 54.6 Å². The van der Waals surface area contributed by atoms with E-state index in [0.717, 1.165) is 5.56 Å². The van der Waals surface area contributed by atoms with Crippen molar-refractivity contribution in [2.75, 3.05) is 6.54 Å². The molecule has 0 spiro atoms. The second-order valence-electron chi connectivity index (χ2n) is 4.59. The third kappa shape index (κ3) is 3.54. The van der Waals surface area contributed by atoms with Crippen LogP contribution >= 0.6 is 0 Å². The van der Waals surface area contributed by atoms with Crippen molar-refractivity contribution in [3.8, 4) is 0 Å². The number of amides is 1. The fraction of sp³-hybridized carbons (Fsp3) is 0.176. The maximum absolute atomic E-state index is 12.5. The molecule has 0 aliphatic carbocycles. The first-order valence-corrected chi connectivity index (χ1v) is 6.60. The van der Waals surface area contributed by atoms with Crippen LogP contribution in [-0.4, -0.2) is 18.2 Å². The molecule has 0 aliphatic heterocycles. The zero-order chi connectivity index (χ0) is 14.4. The quantitative estimate of drug-likeness (QED) is 0.846. The molecule has 0 unspecified atom stereocenters. The van der Waals surface area contributed by atoms with Crippen LogP contribution in [0.25, 0.3) is 0 Å². The van der Waals surface area contributed by atoms with Crippen molar-refractivity contribution in [3.05, 3.63) is 71.3 Å². The summed E-state index contributed by atoms with van der Waals surface area (Å²) in [6, 6.07) is 16.7. The Labute approximate surface area is 118 Å². The van der Waals surface area contributed by atoms with Crippen molar-refractivity contribution in [2.45, 2.75) is 13.3 Å². The van der Waals surface area contributed by atoms with Gasteiger partial charge in [-0.2, -0.15) is 0 Å². The fourth-order valence-corrected chi connectivity index (χ4v) is 2.08. The van der Waals surface area contributed by atoms with Gasteiger partial charge in [0.15, 0.2) is 5.78 Å². The highest BCUT2D eigenvalue weighted by Crippen LogP contribution is 2.15. The maximum Gasteiger partial charge on any atom is 0.216 e. The molecular formula is C17H17NO2. The minimum Gasteiger partial charge on any atom is -0.356 e. The standard InChI is InChI=1S/C17H17NO2/c1-13(19)18-12-11-14-7-5-6-10-16(14)17(20)15-8-3-2-4-9-15/h2-10H,11-12H2,1H3,(H,18,19). The van der Waals surface area contributed by atoms with E-state index in [4.69, 9.17) is 0 Å². The average Bonchev–Trinajstić information content (AvgIpc) is 2.47. The van der Waals surface area contributed by atoms with E-state index in [9.17, 15) is 9.59 Å². The lowest BCUT2D eigenvalue weighted by Gasteiger charge is -2.09. The molecule has 3 nitrogen and oxygen atoms in total. The second kappa shape index (κ2) is 6.66. The first-order valence-electron chi connectivity index (χ1n) is 6.60. The summed E-state index contributed by atoms with van der Waals surface area (Å²) in [5.41, 5.74) is 2.33. The molecule has 0 aliphatic rings. The molecule has 0 aromatic heterocycles. The van der Waals surface area contributed by atoms with E-state index < -0.39 is 0 Å². The van der Waals surface area contributed by atoms with Crippen molar-refractivity contribution in [2.24, 2.45) is 0 Å². The first-order chi connectivity index (χ1) is 9.68. The Balaban J connectivity index is 2.19. The molecule has 3 heteroatoms. The fourth-order valence-electron chi connectivity index (χ4n) is 2.08. The Bertz CT molecular complexity index is 605. The Kier molecular flexibility index (Phi) is 4.66. The van der Waals surface area contributed by atoms with Crippen LogP contribution in [0.5, 0.6) is 0 Å². The van der Waals surface area contributed by atoms with Gasteiger partial charge in [-0.3, -0.25) is 9.59 Å². The van der Waals surface area contributed by atoms with Crippen molar-refractivity contribution < 1.29 is 9.59 Å². The molecular weight excluding hydrogens is 250 g/mol. The van der Waals surface area contributed by atoms with Gasteiger partial charge in [0.1, 0.15) is 0 Å². The van der Waals surface area contributed by atoms with Gasteiger partial charge < -0.3 is 5.32 Å². The normalized spacial score (nSPS) is 10.1. The van der Waals surface area contributed by atoms with Gasteiger partial charge in [0.05, 0.1) is 0 Å². The molecule has 2 rings (SSSR count). The van der Waals surface area contributed by atoms with Crippen LogP contribution in [0.2, 0.25) is 0 Å². The lowest BCUT2D eigenvalue weighted by Crippen LogP contribution is -2.23. The zero-order valence-electron chi connectivity index (χ0n) is 11.4. The van der Waals surface area contributed by atoms with E-state index in [-0.39, 0.29) is 11.7 Å². The van der Waals surface area contributed by atoms with E-state index in [0.29, 0.717) is 24.1 Å². The smallest absolute Gasteiger partial charge is 0.216 e. The number of rotatable bonds is 5. The molecule has 2 aromatic carbocycles. The summed E-state index contributed by atoms with van der Waals surface area (Å²) in [5, 5.41) is 2.75. The maximum atomic E-state index is 12.5. The van der Waals surface area contributed by atoms with Crippen LogP contribution in [-0.2, 0) is 11.2 Å². The number of hydrogen-bond donors (Lipinski definition) is 1. The Morgan fingerprint density at radius 2 is 1.60 bits per heavy atom. The minimum atomic E-state index is -0.0585. The molecule has 0 atom stereocenters. The van der Waals surface area contributed by atoms with Gasteiger partial charge in [-0.05, 0) is 12.0 Å². The van der Waals surface area contributed by atoms with E-state index in [1.54, 1.807) is 0 Å². The molecule has 20 heavy (non-hydrogen) atoms. The summed E-state index contributed by atoms with van der Waals surface area (Å²) in [6.45, 7) is 2.02. The minimum absolute atomic E-state index is 0.0176. The van der Waals surface area contributed by atoms with Gasteiger partial charge in [0, 0.05) is 24.6 Å². The molecule has 0 bridgehead atoms. The van der Waals surface area contributed by atoms with Crippen LogP contribution in [0.1, 0.15) is 28.4 Å². The molecule has 0 saturated carbocycles. The number of ketones is 1. The van der Waals surface area contributed by atoms with Gasteiger partial charge in [-0.1, -0.05) is 54.6 Å². The monoisotopic (exact) mass is 267 g/mol. The predicted octanol–water partition coefficient (Wildman–Crippen LogP) is 2.60. The van der Waals surface area contributed by atoms with E-state index in [2.05, 4.69) is 5.32 Å². The predicted molar refractivity (Wildman–Crippen MR) is 78.7 cm³/mol. The number of carbonyl (C=O) groups is 2. The molecule has 102 valence electrons. The summed E-state index contributed by atoms with van der Waals surface area (Å²) in [4.78, 5) is 23.4. The Morgan fingerprint density at radius 3 is 2.30 bits per heavy atom.